The van der Waals surface area contributed by atoms with Gasteiger partial charge in [0.2, 0.25) is 5.91 Å². The highest BCUT2D eigenvalue weighted by atomic mass is 35.5. The Morgan fingerprint density at radius 2 is 1.81 bits per heavy atom. The average molecular weight is 306 g/mol. The first-order valence-electron chi connectivity index (χ1n) is 8.28. The Balaban J connectivity index is 1.74. The predicted octanol–water partition coefficient (Wildman–Crippen LogP) is 4.60. The van der Waals surface area contributed by atoms with Crippen molar-refractivity contribution in [2.24, 2.45) is 0 Å². The Labute approximate surface area is 132 Å². The second-order valence-corrected chi connectivity index (χ2v) is 7.04. The quantitative estimate of drug-likeness (QED) is 0.812. The molecule has 2 fully saturated rings. The van der Waals surface area contributed by atoms with Crippen molar-refractivity contribution in [2.45, 2.75) is 69.2 Å². The summed E-state index contributed by atoms with van der Waals surface area (Å²) in [5.74, 6) is 0.225. The molecule has 0 aromatic heterocycles. The van der Waals surface area contributed by atoms with E-state index in [1.54, 1.807) is 0 Å². The Morgan fingerprint density at radius 1 is 1.10 bits per heavy atom. The smallest absolute Gasteiger partial charge is 0.230 e. The van der Waals surface area contributed by atoms with E-state index in [9.17, 15) is 4.79 Å². The van der Waals surface area contributed by atoms with E-state index in [1.165, 1.54) is 25.7 Å². The summed E-state index contributed by atoms with van der Waals surface area (Å²) in [6, 6.07) is 8.22. The van der Waals surface area contributed by atoms with Gasteiger partial charge in [0.25, 0.3) is 0 Å². The fourth-order valence-electron chi connectivity index (χ4n) is 3.71. The zero-order valence-electron chi connectivity index (χ0n) is 12.5. The maximum Gasteiger partial charge on any atom is 0.230 e. The third-order valence-corrected chi connectivity index (χ3v) is 5.44. The van der Waals surface area contributed by atoms with E-state index in [4.69, 9.17) is 11.6 Å². The number of carbonyl (C=O) groups excluding carboxylic acids is 1. The number of halogens is 1. The van der Waals surface area contributed by atoms with Gasteiger partial charge in [-0.1, -0.05) is 55.8 Å². The lowest BCUT2D eigenvalue weighted by Crippen LogP contribution is -2.52. The van der Waals surface area contributed by atoms with Crippen LogP contribution in [0.5, 0.6) is 0 Å². The standard InChI is InChI=1S/C18H24ClNO/c19-15-8-5-7-14(13-15)18(11-6-12-18)17(21)20-16-9-3-1-2-4-10-16/h5,7-8,13,16H,1-4,6,9-12H2,(H,20,21). The first-order valence-corrected chi connectivity index (χ1v) is 8.65. The highest BCUT2D eigenvalue weighted by Gasteiger charge is 2.46. The number of hydrogen-bond acceptors (Lipinski definition) is 1. The number of amides is 1. The molecule has 0 aliphatic heterocycles. The Hall–Kier alpha value is -1.02. The molecule has 0 radical (unpaired) electrons. The van der Waals surface area contributed by atoms with Crippen molar-refractivity contribution >= 4 is 17.5 Å². The van der Waals surface area contributed by atoms with Crippen LogP contribution in [0.1, 0.15) is 63.4 Å². The summed E-state index contributed by atoms with van der Waals surface area (Å²) >= 11 is 6.12. The number of rotatable bonds is 3. The van der Waals surface area contributed by atoms with Gasteiger partial charge in [-0.3, -0.25) is 4.79 Å². The molecule has 1 amide bonds. The van der Waals surface area contributed by atoms with Crippen LogP contribution in [0.15, 0.2) is 24.3 Å². The molecule has 1 aromatic rings. The topological polar surface area (TPSA) is 29.1 Å². The highest BCUT2D eigenvalue weighted by molar-refractivity contribution is 6.30. The summed E-state index contributed by atoms with van der Waals surface area (Å²) < 4.78 is 0. The number of carbonyl (C=O) groups is 1. The van der Waals surface area contributed by atoms with E-state index in [0.29, 0.717) is 6.04 Å². The number of hydrogen-bond donors (Lipinski definition) is 1. The minimum atomic E-state index is -0.322. The maximum atomic E-state index is 12.9. The van der Waals surface area contributed by atoms with Crippen molar-refractivity contribution < 1.29 is 4.79 Å². The molecule has 0 atom stereocenters. The van der Waals surface area contributed by atoms with Crippen molar-refractivity contribution in [3.8, 4) is 0 Å². The zero-order valence-corrected chi connectivity index (χ0v) is 13.3. The van der Waals surface area contributed by atoms with E-state index in [-0.39, 0.29) is 11.3 Å². The van der Waals surface area contributed by atoms with Crippen molar-refractivity contribution in [1.29, 1.82) is 0 Å². The number of benzene rings is 1. The minimum Gasteiger partial charge on any atom is -0.353 e. The monoisotopic (exact) mass is 305 g/mol. The summed E-state index contributed by atoms with van der Waals surface area (Å²) in [5, 5.41) is 4.06. The van der Waals surface area contributed by atoms with Crippen molar-refractivity contribution in [3.63, 3.8) is 0 Å². The molecule has 2 aliphatic carbocycles. The second-order valence-electron chi connectivity index (χ2n) is 6.61. The summed E-state index contributed by atoms with van der Waals surface area (Å²) in [5.41, 5.74) is 0.768. The van der Waals surface area contributed by atoms with E-state index in [0.717, 1.165) is 42.7 Å². The predicted molar refractivity (Wildman–Crippen MR) is 86.6 cm³/mol. The normalized spacial score (nSPS) is 22.1. The molecule has 3 heteroatoms. The summed E-state index contributed by atoms with van der Waals surface area (Å²) in [7, 11) is 0. The van der Waals surface area contributed by atoms with Crippen molar-refractivity contribution in [3.05, 3.63) is 34.9 Å². The van der Waals surface area contributed by atoms with Crippen LogP contribution in [-0.2, 0) is 10.2 Å². The Bertz CT molecular complexity index is 502. The molecular formula is C18H24ClNO. The lowest BCUT2D eigenvalue weighted by atomic mass is 9.63. The molecule has 3 rings (SSSR count). The molecule has 2 nitrogen and oxygen atoms in total. The van der Waals surface area contributed by atoms with E-state index < -0.39 is 0 Å². The SMILES string of the molecule is O=C(NC1CCCCCC1)C1(c2cccc(Cl)c2)CCC1. The van der Waals surface area contributed by atoms with Gasteiger partial charge in [0, 0.05) is 11.1 Å². The molecule has 2 saturated carbocycles. The van der Waals surface area contributed by atoms with Gasteiger partial charge in [0.05, 0.1) is 5.41 Å². The van der Waals surface area contributed by atoms with Crippen LogP contribution in [0, 0.1) is 0 Å². The fraction of sp³-hybridized carbons (Fsp3) is 0.611. The van der Waals surface area contributed by atoms with Gasteiger partial charge in [0.1, 0.15) is 0 Å². The minimum absolute atomic E-state index is 0.225. The molecule has 1 aromatic carbocycles. The molecule has 0 saturated heterocycles. The zero-order chi connectivity index (χ0) is 14.7. The fourth-order valence-corrected chi connectivity index (χ4v) is 3.90. The van der Waals surface area contributed by atoms with Gasteiger partial charge in [-0.05, 0) is 43.4 Å². The molecule has 114 valence electrons. The third kappa shape index (κ3) is 3.11. The maximum absolute atomic E-state index is 12.9. The first kappa shape index (κ1) is 14.9. The molecule has 0 spiro atoms. The van der Waals surface area contributed by atoms with Crippen LogP contribution in [-0.4, -0.2) is 11.9 Å². The van der Waals surface area contributed by atoms with Crippen LogP contribution in [0.4, 0.5) is 0 Å². The van der Waals surface area contributed by atoms with Crippen LogP contribution in [0.2, 0.25) is 5.02 Å². The van der Waals surface area contributed by atoms with Crippen LogP contribution >= 0.6 is 11.6 Å². The molecule has 0 heterocycles. The molecule has 0 bridgehead atoms. The lowest BCUT2D eigenvalue weighted by molar-refractivity contribution is -0.130. The van der Waals surface area contributed by atoms with Crippen LogP contribution in [0.25, 0.3) is 0 Å². The van der Waals surface area contributed by atoms with Crippen LogP contribution < -0.4 is 5.32 Å². The Kier molecular flexibility index (Phi) is 4.54. The molecule has 0 unspecified atom stereocenters. The average Bonchev–Trinajstić information content (AvgIpc) is 2.66. The summed E-state index contributed by atoms with van der Waals surface area (Å²) in [6.07, 6.45) is 10.4. The third-order valence-electron chi connectivity index (χ3n) is 5.21. The van der Waals surface area contributed by atoms with Gasteiger partial charge in [-0.2, -0.15) is 0 Å². The van der Waals surface area contributed by atoms with Gasteiger partial charge >= 0.3 is 0 Å². The summed E-state index contributed by atoms with van der Waals surface area (Å²) in [6.45, 7) is 0. The number of nitrogens with one attached hydrogen (secondary N) is 1. The van der Waals surface area contributed by atoms with Gasteiger partial charge in [-0.15, -0.1) is 0 Å². The lowest BCUT2D eigenvalue weighted by Gasteiger charge is -2.41. The second kappa shape index (κ2) is 6.39. The first-order chi connectivity index (χ1) is 10.2. The highest BCUT2D eigenvalue weighted by Crippen LogP contribution is 2.44. The van der Waals surface area contributed by atoms with Gasteiger partial charge in [0.15, 0.2) is 0 Å². The molecular weight excluding hydrogens is 282 g/mol. The van der Waals surface area contributed by atoms with Gasteiger partial charge < -0.3 is 5.32 Å². The Morgan fingerprint density at radius 3 is 2.38 bits per heavy atom. The molecule has 1 N–H and O–H groups in total. The van der Waals surface area contributed by atoms with Crippen molar-refractivity contribution in [1.82, 2.24) is 5.32 Å². The van der Waals surface area contributed by atoms with Crippen molar-refractivity contribution in [2.75, 3.05) is 0 Å². The van der Waals surface area contributed by atoms with E-state index in [1.807, 2.05) is 18.2 Å². The molecule has 2 aliphatic rings. The van der Waals surface area contributed by atoms with Crippen LogP contribution in [0.3, 0.4) is 0 Å². The largest absolute Gasteiger partial charge is 0.353 e. The summed E-state index contributed by atoms with van der Waals surface area (Å²) in [4.78, 5) is 12.9. The van der Waals surface area contributed by atoms with Gasteiger partial charge in [-0.25, -0.2) is 0 Å². The van der Waals surface area contributed by atoms with E-state index in [2.05, 4.69) is 11.4 Å². The molecule has 21 heavy (non-hydrogen) atoms. The van der Waals surface area contributed by atoms with E-state index >= 15 is 0 Å².